The molecular weight excluding hydrogens is 671 g/mol. The number of rotatable bonds is 4. The highest BCUT2D eigenvalue weighted by atomic mass is 15.0. The van der Waals surface area contributed by atoms with E-state index in [0.717, 1.165) is 61.0 Å². The van der Waals surface area contributed by atoms with Gasteiger partial charge in [-0.25, -0.2) is 0 Å². The highest BCUT2D eigenvalue weighted by Gasteiger charge is 2.21. The molecule has 0 atom stereocenters. The van der Waals surface area contributed by atoms with Crippen LogP contribution in [0.1, 0.15) is 11.1 Å². The lowest BCUT2D eigenvalue weighted by atomic mass is 9.99. The van der Waals surface area contributed by atoms with Crippen LogP contribution in [-0.2, 0) is 0 Å². The monoisotopic (exact) mass is 699 g/mol. The largest absolute Gasteiger partial charge is 0.309 e. The van der Waals surface area contributed by atoms with Gasteiger partial charge in [-0.1, -0.05) is 103 Å². The molecule has 0 aliphatic rings. The molecule has 3 aromatic heterocycles. The predicted octanol–water partition coefficient (Wildman–Crippen LogP) is 12.4. The molecule has 11 aromatic rings. The second-order valence-electron chi connectivity index (χ2n) is 14.0. The summed E-state index contributed by atoms with van der Waals surface area (Å²) in [5.41, 5.74) is 12.4. The Morgan fingerprint density at radius 2 is 0.873 bits per heavy atom. The van der Waals surface area contributed by atoms with E-state index in [-0.39, 0.29) is 0 Å². The summed E-state index contributed by atoms with van der Waals surface area (Å²) in [6.07, 6.45) is 0. The van der Waals surface area contributed by atoms with Crippen LogP contribution < -0.4 is 0 Å². The van der Waals surface area contributed by atoms with E-state index < -0.39 is 0 Å². The van der Waals surface area contributed by atoms with Crippen LogP contribution >= 0.6 is 0 Å². The third-order valence-electron chi connectivity index (χ3n) is 11.1. The van der Waals surface area contributed by atoms with Crippen molar-refractivity contribution >= 4 is 65.4 Å². The number of hydrogen-bond acceptors (Lipinski definition) is 2. The summed E-state index contributed by atoms with van der Waals surface area (Å²) in [6, 6.07) is 66.0. The van der Waals surface area contributed by atoms with E-state index in [1.807, 2.05) is 42.5 Å². The van der Waals surface area contributed by atoms with Crippen LogP contribution in [0.2, 0.25) is 0 Å². The molecule has 55 heavy (non-hydrogen) atoms. The molecular formula is C50H29N5. The zero-order chi connectivity index (χ0) is 36.6. The maximum atomic E-state index is 10.6. The van der Waals surface area contributed by atoms with Gasteiger partial charge in [-0.2, -0.15) is 10.5 Å². The van der Waals surface area contributed by atoms with Crippen molar-refractivity contribution in [2.45, 2.75) is 0 Å². The van der Waals surface area contributed by atoms with Crippen molar-refractivity contribution < 1.29 is 0 Å². The molecule has 254 valence electrons. The van der Waals surface area contributed by atoms with Gasteiger partial charge in [0.25, 0.3) is 0 Å². The summed E-state index contributed by atoms with van der Waals surface area (Å²) in [5, 5.41) is 27.4. The van der Waals surface area contributed by atoms with Crippen LogP contribution in [-0.4, -0.2) is 13.7 Å². The van der Waals surface area contributed by atoms with Gasteiger partial charge < -0.3 is 13.7 Å². The third-order valence-corrected chi connectivity index (χ3v) is 11.1. The topological polar surface area (TPSA) is 62.4 Å². The van der Waals surface area contributed by atoms with Gasteiger partial charge in [0.2, 0.25) is 0 Å². The molecule has 0 bridgehead atoms. The van der Waals surface area contributed by atoms with Gasteiger partial charge in [-0.3, -0.25) is 0 Å². The van der Waals surface area contributed by atoms with Crippen molar-refractivity contribution in [3.05, 3.63) is 187 Å². The molecule has 5 nitrogen and oxygen atoms in total. The van der Waals surface area contributed by atoms with Crippen LogP contribution in [0.15, 0.2) is 176 Å². The summed E-state index contributed by atoms with van der Waals surface area (Å²) < 4.78 is 6.87. The molecule has 0 aliphatic heterocycles. The Hall–Kier alpha value is -7.86. The first-order chi connectivity index (χ1) is 27.2. The van der Waals surface area contributed by atoms with Crippen molar-refractivity contribution in [2.24, 2.45) is 0 Å². The number of para-hydroxylation sites is 5. The third kappa shape index (κ3) is 4.45. The van der Waals surface area contributed by atoms with Crippen LogP contribution in [0.25, 0.3) is 93.6 Å². The van der Waals surface area contributed by atoms with Crippen molar-refractivity contribution in [1.82, 2.24) is 13.7 Å². The summed E-state index contributed by atoms with van der Waals surface area (Å²) in [4.78, 5) is 0. The summed E-state index contributed by atoms with van der Waals surface area (Å²) >= 11 is 0. The molecule has 5 heteroatoms. The summed E-state index contributed by atoms with van der Waals surface area (Å²) in [5.74, 6) is 0. The van der Waals surface area contributed by atoms with E-state index in [1.165, 1.54) is 32.6 Å². The number of fused-ring (bicyclic) bond motifs is 9. The van der Waals surface area contributed by atoms with E-state index in [9.17, 15) is 10.5 Å². The highest BCUT2D eigenvalue weighted by Crippen LogP contribution is 2.41. The molecule has 0 unspecified atom stereocenters. The Balaban J connectivity index is 1.14. The second kappa shape index (κ2) is 11.8. The minimum atomic E-state index is 0.558. The molecule has 11 rings (SSSR count). The Morgan fingerprint density at radius 3 is 1.49 bits per heavy atom. The fourth-order valence-corrected chi connectivity index (χ4v) is 8.78. The number of hydrogen-bond donors (Lipinski definition) is 0. The summed E-state index contributed by atoms with van der Waals surface area (Å²) in [6.45, 7) is 0. The minimum absolute atomic E-state index is 0.558. The zero-order valence-electron chi connectivity index (χ0n) is 29.5. The zero-order valence-corrected chi connectivity index (χ0v) is 29.5. The van der Waals surface area contributed by atoms with E-state index >= 15 is 0 Å². The van der Waals surface area contributed by atoms with Crippen molar-refractivity contribution in [1.29, 1.82) is 10.5 Å². The van der Waals surface area contributed by atoms with Gasteiger partial charge in [0.15, 0.2) is 0 Å². The van der Waals surface area contributed by atoms with E-state index in [0.29, 0.717) is 11.1 Å². The highest BCUT2D eigenvalue weighted by molar-refractivity contribution is 6.13. The molecule has 3 heterocycles. The number of nitrogens with zero attached hydrogens (tertiary/aromatic N) is 5. The SMILES string of the molecule is N#Cc1ccc2c3ccccc3n(-c3c(C#N)cccc3-c3cccc(-n4c5ccccc5c5cc(-n6c7ccccc7c7ccccc76)ccc54)c3)c2c1. The average Bonchev–Trinajstić information content (AvgIpc) is 3.88. The van der Waals surface area contributed by atoms with Crippen molar-refractivity contribution in [3.63, 3.8) is 0 Å². The first kappa shape index (κ1) is 30.7. The maximum absolute atomic E-state index is 10.6. The van der Waals surface area contributed by atoms with Crippen LogP contribution in [0.3, 0.4) is 0 Å². The van der Waals surface area contributed by atoms with Gasteiger partial charge >= 0.3 is 0 Å². The van der Waals surface area contributed by atoms with Gasteiger partial charge in [0, 0.05) is 49.3 Å². The maximum Gasteiger partial charge on any atom is 0.101 e. The lowest BCUT2D eigenvalue weighted by Gasteiger charge is -2.17. The number of nitriles is 2. The van der Waals surface area contributed by atoms with Gasteiger partial charge in [0.05, 0.1) is 56.0 Å². The molecule has 0 spiro atoms. The average molecular weight is 700 g/mol. The van der Waals surface area contributed by atoms with Crippen molar-refractivity contribution in [2.75, 3.05) is 0 Å². The fourth-order valence-electron chi connectivity index (χ4n) is 8.78. The molecule has 0 amide bonds. The molecule has 0 radical (unpaired) electrons. The molecule has 0 N–H and O–H groups in total. The molecule has 0 fully saturated rings. The first-order valence-corrected chi connectivity index (χ1v) is 18.3. The molecule has 8 aromatic carbocycles. The first-order valence-electron chi connectivity index (χ1n) is 18.3. The molecule has 0 saturated heterocycles. The predicted molar refractivity (Wildman–Crippen MR) is 224 cm³/mol. The minimum Gasteiger partial charge on any atom is -0.309 e. The van der Waals surface area contributed by atoms with E-state index in [2.05, 4.69) is 159 Å². The Kier molecular flexibility index (Phi) is 6.61. The van der Waals surface area contributed by atoms with E-state index in [4.69, 9.17) is 0 Å². The van der Waals surface area contributed by atoms with Gasteiger partial charge in [-0.15, -0.1) is 0 Å². The van der Waals surface area contributed by atoms with Crippen LogP contribution in [0, 0.1) is 22.7 Å². The standard InChI is InChI=1S/C50H29N5/c51-30-32-23-25-42-40-16-3-8-22-47(40)55(49(42)27-32)50-34(31-52)12-10-18-37(50)33-11-9-13-35(28-33)53-46-21-7-4-17-41(46)43-29-36(24-26-48(43)53)54-44-19-5-1-14-38(44)39-15-2-6-20-45(39)54/h1-29H. The lowest BCUT2D eigenvalue weighted by Crippen LogP contribution is -2.01. The van der Waals surface area contributed by atoms with Crippen LogP contribution in [0.4, 0.5) is 0 Å². The second-order valence-corrected chi connectivity index (χ2v) is 14.0. The Bertz CT molecular complexity index is 3420. The fraction of sp³-hybridized carbons (Fsp3) is 0. The normalized spacial score (nSPS) is 11.6. The summed E-state index contributed by atoms with van der Waals surface area (Å²) in [7, 11) is 0. The van der Waals surface area contributed by atoms with Gasteiger partial charge in [0.1, 0.15) is 6.07 Å². The smallest absolute Gasteiger partial charge is 0.101 e. The number of aromatic nitrogens is 3. The van der Waals surface area contributed by atoms with Crippen molar-refractivity contribution in [3.8, 4) is 40.3 Å². The number of benzene rings is 8. The molecule has 0 aliphatic carbocycles. The van der Waals surface area contributed by atoms with Crippen LogP contribution in [0.5, 0.6) is 0 Å². The van der Waals surface area contributed by atoms with E-state index in [1.54, 1.807) is 0 Å². The lowest BCUT2D eigenvalue weighted by molar-refractivity contribution is 1.16. The Labute approximate surface area is 316 Å². The quantitative estimate of drug-likeness (QED) is 0.184. The van der Waals surface area contributed by atoms with Gasteiger partial charge in [-0.05, 0) is 78.4 Å². The molecule has 0 saturated carbocycles. The Morgan fingerprint density at radius 1 is 0.345 bits per heavy atom.